The number of aromatic carboxylic acids is 1. The van der Waals surface area contributed by atoms with E-state index in [1.807, 2.05) is 30.3 Å². The summed E-state index contributed by atoms with van der Waals surface area (Å²) in [6.07, 6.45) is 1.28. The van der Waals surface area contributed by atoms with Crippen LogP contribution in [0.5, 0.6) is 0 Å². The van der Waals surface area contributed by atoms with Gasteiger partial charge in [-0.25, -0.2) is 14.5 Å². The van der Waals surface area contributed by atoms with Crippen molar-refractivity contribution in [2.45, 2.75) is 0 Å². The molecule has 0 amide bonds. The molecule has 0 fully saturated rings. The van der Waals surface area contributed by atoms with Crippen molar-refractivity contribution in [2.75, 3.05) is 5.73 Å². The molecular weight excluding hydrogens is 244 g/mol. The van der Waals surface area contributed by atoms with Crippen molar-refractivity contribution in [1.82, 2.24) is 14.8 Å². The molecule has 0 bridgehead atoms. The van der Waals surface area contributed by atoms with Gasteiger partial charge in [0.25, 0.3) is 0 Å². The largest absolute Gasteiger partial charge is 0.478 e. The molecule has 0 aliphatic carbocycles. The number of carbonyl (C=O) groups is 1. The number of fused-ring (bicyclic) bond motifs is 1. The lowest BCUT2D eigenvalue weighted by Gasteiger charge is -2.01. The maximum atomic E-state index is 10.9. The van der Waals surface area contributed by atoms with Gasteiger partial charge in [-0.15, -0.1) is 0 Å². The molecule has 0 saturated heterocycles. The molecule has 19 heavy (non-hydrogen) atoms. The van der Waals surface area contributed by atoms with E-state index in [4.69, 9.17) is 10.8 Å². The Morgan fingerprint density at radius 2 is 2.00 bits per heavy atom. The van der Waals surface area contributed by atoms with Crippen molar-refractivity contribution in [1.29, 1.82) is 0 Å². The summed E-state index contributed by atoms with van der Waals surface area (Å²) >= 11 is 0. The monoisotopic (exact) mass is 254 g/mol. The van der Waals surface area contributed by atoms with Crippen molar-refractivity contribution in [3.05, 3.63) is 48.2 Å². The van der Waals surface area contributed by atoms with Crippen LogP contribution >= 0.6 is 0 Å². The van der Waals surface area contributed by atoms with E-state index >= 15 is 0 Å². The summed E-state index contributed by atoms with van der Waals surface area (Å²) < 4.78 is 1.54. The van der Waals surface area contributed by atoms with E-state index in [-0.39, 0.29) is 5.56 Å². The summed E-state index contributed by atoms with van der Waals surface area (Å²) in [5.41, 5.74) is 7.83. The fourth-order valence-electron chi connectivity index (χ4n) is 1.87. The Hall–Kier alpha value is -2.89. The summed E-state index contributed by atoms with van der Waals surface area (Å²) in [6, 6.07) is 10.8. The number of nitrogens with two attached hydrogens (primary N) is 1. The molecule has 6 nitrogen and oxygen atoms in total. The zero-order chi connectivity index (χ0) is 13.4. The highest BCUT2D eigenvalue weighted by Gasteiger charge is 2.13. The Kier molecular flexibility index (Phi) is 2.42. The highest BCUT2D eigenvalue weighted by molar-refractivity contribution is 5.94. The zero-order valence-corrected chi connectivity index (χ0v) is 9.82. The number of hydrogen-bond donors (Lipinski definition) is 2. The average molecular weight is 254 g/mol. The number of nitrogens with zero attached hydrogens (tertiary/aromatic N) is 3. The summed E-state index contributed by atoms with van der Waals surface area (Å²) in [4.78, 5) is 15.0. The van der Waals surface area contributed by atoms with E-state index in [1.54, 1.807) is 4.68 Å². The third-order valence-electron chi connectivity index (χ3n) is 2.79. The first-order chi connectivity index (χ1) is 9.16. The summed E-state index contributed by atoms with van der Waals surface area (Å²) in [6.45, 7) is 0. The summed E-state index contributed by atoms with van der Waals surface area (Å²) in [7, 11) is 0. The molecule has 0 aliphatic heterocycles. The minimum absolute atomic E-state index is 0.0882. The lowest BCUT2D eigenvalue weighted by molar-refractivity contribution is 0.0696. The van der Waals surface area contributed by atoms with Gasteiger partial charge in [0, 0.05) is 6.20 Å². The lowest BCUT2D eigenvalue weighted by atomic mass is 10.2. The van der Waals surface area contributed by atoms with Gasteiger partial charge in [0.1, 0.15) is 11.0 Å². The molecule has 0 aliphatic rings. The fraction of sp³-hybridized carbons (Fsp3) is 0. The number of pyridine rings is 1. The standard InChI is InChI=1S/C13H10N4O2/c14-12-11-10(6-8(7-15-11)13(18)19)16-17(12)9-4-2-1-3-5-9/h1-7H,14H2,(H,18,19). The minimum Gasteiger partial charge on any atom is -0.478 e. The third-order valence-corrected chi connectivity index (χ3v) is 2.79. The summed E-state index contributed by atoms with van der Waals surface area (Å²) in [5, 5.41) is 13.2. The van der Waals surface area contributed by atoms with Crippen LogP contribution in [-0.2, 0) is 0 Å². The molecule has 0 saturated carbocycles. The van der Waals surface area contributed by atoms with E-state index in [0.29, 0.717) is 16.9 Å². The van der Waals surface area contributed by atoms with Crippen molar-refractivity contribution >= 4 is 22.8 Å². The van der Waals surface area contributed by atoms with Gasteiger partial charge in [-0.3, -0.25) is 0 Å². The second kappa shape index (κ2) is 4.09. The van der Waals surface area contributed by atoms with Crippen LogP contribution in [0.3, 0.4) is 0 Å². The van der Waals surface area contributed by atoms with Crippen LogP contribution in [0.4, 0.5) is 5.82 Å². The van der Waals surface area contributed by atoms with Gasteiger partial charge in [0.05, 0.1) is 11.3 Å². The van der Waals surface area contributed by atoms with Crippen LogP contribution in [0.1, 0.15) is 10.4 Å². The molecule has 6 heteroatoms. The lowest BCUT2D eigenvalue weighted by Crippen LogP contribution is -2.01. The first-order valence-corrected chi connectivity index (χ1v) is 5.60. The number of nitrogen functional groups attached to an aromatic ring is 1. The molecule has 0 unspecified atom stereocenters. The minimum atomic E-state index is -1.04. The Morgan fingerprint density at radius 1 is 1.26 bits per heavy atom. The molecule has 0 spiro atoms. The van der Waals surface area contributed by atoms with Crippen molar-refractivity contribution in [3.63, 3.8) is 0 Å². The number of anilines is 1. The van der Waals surface area contributed by atoms with Crippen molar-refractivity contribution in [2.24, 2.45) is 0 Å². The van der Waals surface area contributed by atoms with Crippen LogP contribution in [0, 0.1) is 0 Å². The Morgan fingerprint density at radius 3 is 2.68 bits per heavy atom. The van der Waals surface area contributed by atoms with Gasteiger partial charge < -0.3 is 10.8 Å². The van der Waals surface area contributed by atoms with E-state index in [9.17, 15) is 4.79 Å². The Labute approximate surface area is 108 Å². The predicted octanol–water partition coefficient (Wildman–Crippen LogP) is 1.70. The summed E-state index contributed by atoms with van der Waals surface area (Å²) in [5.74, 6) is -0.652. The van der Waals surface area contributed by atoms with Crippen molar-refractivity contribution in [3.8, 4) is 5.69 Å². The molecule has 94 valence electrons. The molecule has 3 rings (SSSR count). The maximum absolute atomic E-state index is 10.9. The van der Waals surface area contributed by atoms with Gasteiger partial charge in [0.15, 0.2) is 5.82 Å². The normalized spacial score (nSPS) is 10.7. The number of aromatic nitrogens is 3. The second-order valence-electron chi connectivity index (χ2n) is 4.03. The highest BCUT2D eigenvalue weighted by atomic mass is 16.4. The average Bonchev–Trinajstić information content (AvgIpc) is 2.76. The van der Waals surface area contributed by atoms with Gasteiger partial charge in [0.2, 0.25) is 0 Å². The van der Waals surface area contributed by atoms with Crippen LogP contribution in [0.2, 0.25) is 0 Å². The number of benzene rings is 1. The first kappa shape index (κ1) is 11.2. The van der Waals surface area contributed by atoms with E-state index in [1.165, 1.54) is 12.3 Å². The number of rotatable bonds is 2. The molecule has 0 radical (unpaired) electrons. The van der Waals surface area contributed by atoms with Crippen LogP contribution in [-0.4, -0.2) is 25.8 Å². The number of hydrogen-bond acceptors (Lipinski definition) is 4. The number of carboxylic acids is 1. The van der Waals surface area contributed by atoms with Gasteiger partial charge in [-0.1, -0.05) is 18.2 Å². The quantitative estimate of drug-likeness (QED) is 0.725. The topological polar surface area (TPSA) is 94.0 Å². The van der Waals surface area contributed by atoms with Gasteiger partial charge in [-0.2, -0.15) is 5.10 Å². The zero-order valence-electron chi connectivity index (χ0n) is 9.82. The molecule has 3 aromatic rings. The third kappa shape index (κ3) is 1.79. The molecule has 0 atom stereocenters. The first-order valence-electron chi connectivity index (χ1n) is 5.60. The number of carboxylic acid groups (broad SMARTS) is 1. The molecule has 2 aromatic heterocycles. The highest BCUT2D eigenvalue weighted by Crippen LogP contribution is 2.22. The van der Waals surface area contributed by atoms with E-state index in [0.717, 1.165) is 5.69 Å². The van der Waals surface area contributed by atoms with Crippen LogP contribution in [0.15, 0.2) is 42.6 Å². The van der Waals surface area contributed by atoms with E-state index < -0.39 is 5.97 Å². The SMILES string of the molecule is Nc1c2ncc(C(=O)O)cc2nn1-c1ccccc1. The Balaban J connectivity index is 2.23. The number of para-hydroxylation sites is 1. The second-order valence-corrected chi connectivity index (χ2v) is 4.03. The fourth-order valence-corrected chi connectivity index (χ4v) is 1.87. The van der Waals surface area contributed by atoms with Crippen molar-refractivity contribution < 1.29 is 9.90 Å². The predicted molar refractivity (Wildman–Crippen MR) is 70.2 cm³/mol. The van der Waals surface area contributed by atoms with Gasteiger partial charge >= 0.3 is 5.97 Å². The maximum Gasteiger partial charge on any atom is 0.337 e. The molecule has 2 heterocycles. The van der Waals surface area contributed by atoms with Crippen LogP contribution < -0.4 is 5.73 Å². The molecular formula is C13H10N4O2. The van der Waals surface area contributed by atoms with Gasteiger partial charge in [-0.05, 0) is 18.2 Å². The molecule has 1 aromatic carbocycles. The Bertz CT molecular complexity index is 765. The molecule has 3 N–H and O–H groups in total. The van der Waals surface area contributed by atoms with Crippen LogP contribution in [0.25, 0.3) is 16.7 Å². The smallest absolute Gasteiger partial charge is 0.337 e. The van der Waals surface area contributed by atoms with E-state index in [2.05, 4.69) is 10.1 Å².